The maximum Gasteiger partial charge on any atom is 0.241 e. The molecule has 8 heteroatoms. The lowest BCUT2D eigenvalue weighted by Crippen LogP contribution is -2.29. The Morgan fingerprint density at radius 3 is 2.48 bits per heavy atom. The number of fused-ring (bicyclic) bond motifs is 2. The summed E-state index contributed by atoms with van der Waals surface area (Å²) in [6.45, 7) is 0.992. The van der Waals surface area contributed by atoms with Gasteiger partial charge in [-0.3, -0.25) is 0 Å². The Bertz CT molecular complexity index is 1360. The highest BCUT2D eigenvalue weighted by Crippen LogP contribution is 2.36. The molecule has 0 saturated heterocycles. The minimum Gasteiger partial charge on any atom is -0.496 e. The lowest BCUT2D eigenvalue weighted by Gasteiger charge is -2.20. The van der Waals surface area contributed by atoms with E-state index in [9.17, 15) is 8.42 Å². The molecule has 1 N–H and O–H groups in total. The van der Waals surface area contributed by atoms with Crippen molar-refractivity contribution in [3.8, 4) is 17.2 Å². The highest BCUT2D eigenvalue weighted by Gasteiger charge is 2.29. The van der Waals surface area contributed by atoms with Crippen LogP contribution in [0.5, 0.6) is 17.2 Å². The van der Waals surface area contributed by atoms with Gasteiger partial charge in [0.25, 0.3) is 0 Å². The number of rotatable bonds is 6. The van der Waals surface area contributed by atoms with Gasteiger partial charge in [0.2, 0.25) is 10.0 Å². The molecule has 1 aliphatic rings. The molecule has 5 rings (SSSR count). The van der Waals surface area contributed by atoms with E-state index in [1.165, 1.54) is 12.1 Å². The summed E-state index contributed by atoms with van der Waals surface area (Å²) in [6.07, 6.45) is 0.733. The third-order valence-corrected chi connectivity index (χ3v) is 6.90. The van der Waals surface area contributed by atoms with E-state index in [-0.39, 0.29) is 4.90 Å². The van der Waals surface area contributed by atoms with Gasteiger partial charge in [-0.05, 0) is 30.3 Å². The van der Waals surface area contributed by atoms with Crippen LogP contribution in [-0.2, 0) is 10.0 Å². The van der Waals surface area contributed by atoms with Crippen LogP contribution in [0, 0.1) is 0 Å². The molecule has 33 heavy (non-hydrogen) atoms. The summed E-state index contributed by atoms with van der Waals surface area (Å²) < 4.78 is 52.6. The molecule has 0 radical (unpaired) electrons. The van der Waals surface area contributed by atoms with Gasteiger partial charge in [0.05, 0.1) is 25.2 Å². The molecule has 7 nitrogen and oxygen atoms in total. The molecular weight excluding hydrogens is 442 g/mol. The second kappa shape index (κ2) is 8.80. The highest BCUT2D eigenvalue weighted by molar-refractivity contribution is 7.89. The molecule has 4 aromatic rings. The number of benzene rings is 3. The summed E-state index contributed by atoms with van der Waals surface area (Å²) in [5.74, 6) is 1.95. The molecule has 3 aromatic carbocycles. The van der Waals surface area contributed by atoms with Crippen LogP contribution in [0.15, 0.2) is 82.1 Å². The molecule has 170 valence electrons. The predicted octanol–water partition coefficient (Wildman–Crippen LogP) is 4.67. The van der Waals surface area contributed by atoms with Crippen molar-refractivity contribution in [2.75, 3.05) is 20.3 Å². The fourth-order valence-electron chi connectivity index (χ4n) is 3.86. The number of ether oxygens (including phenoxy) is 3. The number of hydrogen-bond acceptors (Lipinski definition) is 6. The predicted molar refractivity (Wildman–Crippen MR) is 123 cm³/mol. The third-order valence-electron chi connectivity index (χ3n) is 5.48. The van der Waals surface area contributed by atoms with Gasteiger partial charge in [-0.25, -0.2) is 8.42 Å². The van der Waals surface area contributed by atoms with E-state index in [1.54, 1.807) is 19.2 Å². The van der Waals surface area contributed by atoms with Gasteiger partial charge in [0.15, 0.2) is 11.5 Å². The molecule has 1 aromatic heterocycles. The zero-order chi connectivity index (χ0) is 22.8. The Kier molecular flexibility index (Phi) is 5.70. The fraction of sp³-hybridized carbons (Fsp3) is 0.200. The average molecular weight is 466 g/mol. The lowest BCUT2D eigenvalue weighted by atomic mass is 10.0. The van der Waals surface area contributed by atoms with Crippen molar-refractivity contribution in [3.63, 3.8) is 0 Å². The van der Waals surface area contributed by atoms with Crippen LogP contribution in [-0.4, -0.2) is 28.7 Å². The zero-order valence-electron chi connectivity index (χ0n) is 18.0. The summed E-state index contributed by atoms with van der Waals surface area (Å²) in [5.41, 5.74) is 1.30. The standard InChI is InChI=1S/C25H23NO6S/c1-29-21-10-5-3-8-19(21)25(24-15-17-7-2-4-9-20(17)32-24)26-33(27,28)18-11-12-22-23(16-18)31-14-6-13-30-22/h2-5,7-12,15-16,25-26H,6,13-14H2,1H3/t25-/m1/s1. The summed E-state index contributed by atoms with van der Waals surface area (Å²) in [5, 5.41) is 0.877. The Labute approximate surface area is 191 Å². The van der Waals surface area contributed by atoms with Gasteiger partial charge in [0, 0.05) is 23.4 Å². The molecule has 0 amide bonds. The Hall–Kier alpha value is -3.49. The van der Waals surface area contributed by atoms with Gasteiger partial charge in [0.1, 0.15) is 23.1 Å². The molecule has 0 bridgehead atoms. The van der Waals surface area contributed by atoms with E-state index in [0.717, 1.165) is 11.8 Å². The number of hydrogen-bond donors (Lipinski definition) is 1. The normalized spacial score (nSPS) is 14.6. The van der Waals surface area contributed by atoms with Gasteiger partial charge < -0.3 is 18.6 Å². The molecule has 1 atom stereocenters. The molecule has 0 spiro atoms. The second-order valence-corrected chi connectivity index (χ2v) is 9.36. The Balaban J connectivity index is 1.57. The van der Waals surface area contributed by atoms with Crippen molar-refractivity contribution in [1.82, 2.24) is 4.72 Å². The van der Waals surface area contributed by atoms with Gasteiger partial charge in [-0.2, -0.15) is 4.72 Å². The van der Waals surface area contributed by atoms with Crippen LogP contribution >= 0.6 is 0 Å². The second-order valence-electron chi connectivity index (χ2n) is 7.64. The first-order chi connectivity index (χ1) is 16.0. The highest BCUT2D eigenvalue weighted by atomic mass is 32.2. The quantitative estimate of drug-likeness (QED) is 0.445. The molecule has 0 fully saturated rings. The van der Waals surface area contributed by atoms with Crippen molar-refractivity contribution in [2.24, 2.45) is 0 Å². The van der Waals surface area contributed by atoms with Crippen molar-refractivity contribution >= 4 is 21.0 Å². The largest absolute Gasteiger partial charge is 0.496 e. The first-order valence-corrected chi connectivity index (χ1v) is 12.1. The maximum atomic E-state index is 13.5. The van der Waals surface area contributed by atoms with Crippen molar-refractivity contribution in [2.45, 2.75) is 17.4 Å². The van der Waals surface area contributed by atoms with Gasteiger partial charge in [-0.1, -0.05) is 36.4 Å². The molecule has 2 heterocycles. The first kappa shape index (κ1) is 21.4. The maximum absolute atomic E-state index is 13.5. The number of nitrogens with one attached hydrogen (secondary N) is 1. The average Bonchev–Trinajstić information content (AvgIpc) is 3.12. The summed E-state index contributed by atoms with van der Waals surface area (Å²) >= 11 is 0. The van der Waals surface area contributed by atoms with Crippen molar-refractivity contribution in [3.05, 3.63) is 84.1 Å². The molecule has 0 unspecified atom stereocenters. The summed E-state index contributed by atoms with van der Waals surface area (Å²) in [7, 11) is -2.42. The van der Waals surface area contributed by atoms with E-state index in [0.29, 0.717) is 47.4 Å². The molecule has 0 saturated carbocycles. The zero-order valence-corrected chi connectivity index (χ0v) is 18.8. The van der Waals surface area contributed by atoms with E-state index in [1.807, 2.05) is 48.5 Å². The third kappa shape index (κ3) is 4.27. The molecule has 0 aliphatic carbocycles. The SMILES string of the molecule is COc1ccccc1[C@@H](NS(=O)(=O)c1ccc2c(c1)OCCCO2)c1cc2ccccc2o1. The van der Waals surface area contributed by atoms with Gasteiger partial charge in [-0.15, -0.1) is 0 Å². The first-order valence-electron chi connectivity index (χ1n) is 10.6. The monoisotopic (exact) mass is 465 g/mol. The van der Waals surface area contributed by atoms with Crippen LogP contribution in [0.2, 0.25) is 0 Å². The topological polar surface area (TPSA) is 87.0 Å². The Morgan fingerprint density at radius 1 is 0.909 bits per heavy atom. The van der Waals surface area contributed by atoms with E-state index < -0.39 is 16.1 Å². The number of methoxy groups -OCH3 is 1. The van der Waals surface area contributed by atoms with Crippen LogP contribution in [0.3, 0.4) is 0 Å². The fourth-order valence-corrected chi connectivity index (χ4v) is 5.06. The van der Waals surface area contributed by atoms with Crippen molar-refractivity contribution in [1.29, 1.82) is 0 Å². The number of sulfonamides is 1. The van der Waals surface area contributed by atoms with E-state index >= 15 is 0 Å². The van der Waals surface area contributed by atoms with E-state index in [4.69, 9.17) is 18.6 Å². The van der Waals surface area contributed by atoms with Crippen LogP contribution < -0.4 is 18.9 Å². The number of para-hydroxylation sites is 2. The number of furan rings is 1. The lowest BCUT2D eigenvalue weighted by molar-refractivity contribution is 0.297. The molecular formula is C25H23NO6S. The molecule has 1 aliphatic heterocycles. The minimum absolute atomic E-state index is 0.0720. The summed E-state index contributed by atoms with van der Waals surface area (Å²) in [6, 6.07) is 20.4. The van der Waals surface area contributed by atoms with Crippen molar-refractivity contribution < 1.29 is 27.0 Å². The van der Waals surface area contributed by atoms with Crippen LogP contribution in [0.4, 0.5) is 0 Å². The summed E-state index contributed by atoms with van der Waals surface area (Å²) in [4.78, 5) is 0.0720. The smallest absolute Gasteiger partial charge is 0.241 e. The van der Waals surface area contributed by atoms with Gasteiger partial charge >= 0.3 is 0 Å². The Morgan fingerprint density at radius 2 is 1.67 bits per heavy atom. The minimum atomic E-state index is -3.96. The van der Waals surface area contributed by atoms with Crippen LogP contribution in [0.1, 0.15) is 23.8 Å². The van der Waals surface area contributed by atoms with Crippen LogP contribution in [0.25, 0.3) is 11.0 Å². The van der Waals surface area contributed by atoms with E-state index in [2.05, 4.69) is 4.72 Å².